The Kier molecular flexibility index (Phi) is 6.31. The number of hydrogen-bond acceptors (Lipinski definition) is 3. The van der Waals surface area contributed by atoms with Crippen LogP contribution in [0, 0.1) is 6.92 Å². The van der Waals surface area contributed by atoms with E-state index in [1.165, 1.54) is 28.6 Å². The Labute approximate surface area is 124 Å². The fraction of sp³-hybridized carbons (Fsp3) is 0.600. The Balaban J connectivity index is 1.59. The average Bonchev–Trinajstić information content (AvgIpc) is 2.43. The third-order valence-electron chi connectivity index (χ3n) is 3.48. The molecule has 0 aromatic heterocycles. The lowest BCUT2D eigenvalue weighted by Crippen LogP contribution is -2.37. The lowest BCUT2D eigenvalue weighted by Gasteiger charge is -2.26. The van der Waals surface area contributed by atoms with Crippen molar-refractivity contribution in [3.63, 3.8) is 0 Å². The summed E-state index contributed by atoms with van der Waals surface area (Å²) in [7, 11) is 0. The summed E-state index contributed by atoms with van der Waals surface area (Å²) in [4.78, 5) is 2.48. The van der Waals surface area contributed by atoms with E-state index in [1.807, 2.05) is 0 Å². The van der Waals surface area contributed by atoms with Gasteiger partial charge in [0.15, 0.2) is 0 Å². The van der Waals surface area contributed by atoms with Crippen molar-refractivity contribution in [3.05, 3.63) is 33.8 Å². The molecule has 0 spiro atoms. The summed E-state index contributed by atoms with van der Waals surface area (Å²) < 4.78 is 6.53. The molecule has 1 fully saturated rings. The van der Waals surface area contributed by atoms with Crippen molar-refractivity contribution < 1.29 is 4.74 Å². The van der Waals surface area contributed by atoms with E-state index in [0.717, 1.165) is 39.4 Å². The number of nitrogens with one attached hydrogen (secondary N) is 1. The van der Waals surface area contributed by atoms with Crippen molar-refractivity contribution in [2.45, 2.75) is 19.9 Å². The molecule has 0 amide bonds. The van der Waals surface area contributed by atoms with E-state index < -0.39 is 0 Å². The number of aryl methyl sites for hydroxylation is 1. The maximum atomic E-state index is 5.34. The van der Waals surface area contributed by atoms with E-state index in [4.69, 9.17) is 4.74 Å². The Bertz CT molecular complexity index is 392. The first-order chi connectivity index (χ1) is 9.25. The second-order valence-electron chi connectivity index (χ2n) is 5.07. The number of benzene rings is 1. The minimum atomic E-state index is 0.894. The quantitative estimate of drug-likeness (QED) is 0.813. The molecule has 1 aromatic carbocycles. The SMILES string of the molecule is Cc1cc(CNCCCN2CCOCC2)ccc1Br. The van der Waals surface area contributed by atoms with Gasteiger partial charge in [-0.05, 0) is 43.6 Å². The molecular weight excluding hydrogens is 304 g/mol. The summed E-state index contributed by atoms with van der Waals surface area (Å²) in [6.07, 6.45) is 1.20. The van der Waals surface area contributed by atoms with Gasteiger partial charge in [-0.3, -0.25) is 4.90 Å². The number of nitrogens with zero attached hydrogens (tertiary/aromatic N) is 1. The van der Waals surface area contributed by atoms with E-state index >= 15 is 0 Å². The maximum Gasteiger partial charge on any atom is 0.0594 e. The first-order valence-electron chi connectivity index (χ1n) is 7.01. The zero-order chi connectivity index (χ0) is 13.5. The molecule has 3 nitrogen and oxygen atoms in total. The van der Waals surface area contributed by atoms with E-state index in [1.54, 1.807) is 0 Å². The van der Waals surface area contributed by atoms with E-state index in [-0.39, 0.29) is 0 Å². The summed E-state index contributed by atoms with van der Waals surface area (Å²) >= 11 is 3.53. The Morgan fingerprint density at radius 3 is 2.84 bits per heavy atom. The van der Waals surface area contributed by atoms with Crippen LogP contribution in [0.3, 0.4) is 0 Å². The summed E-state index contributed by atoms with van der Waals surface area (Å²) in [6, 6.07) is 6.53. The first-order valence-corrected chi connectivity index (χ1v) is 7.81. The minimum Gasteiger partial charge on any atom is -0.379 e. The normalized spacial score (nSPS) is 16.7. The second kappa shape index (κ2) is 8.00. The Hall–Kier alpha value is -0.420. The number of rotatable bonds is 6. The molecule has 0 aliphatic carbocycles. The van der Waals surface area contributed by atoms with Crippen LogP contribution in [0.15, 0.2) is 22.7 Å². The molecule has 0 radical (unpaired) electrons. The van der Waals surface area contributed by atoms with Gasteiger partial charge in [0.05, 0.1) is 13.2 Å². The van der Waals surface area contributed by atoms with Gasteiger partial charge in [-0.1, -0.05) is 28.1 Å². The molecule has 0 bridgehead atoms. The van der Waals surface area contributed by atoms with Crippen LogP contribution in [0.5, 0.6) is 0 Å². The van der Waals surface area contributed by atoms with Crippen LogP contribution in [0.4, 0.5) is 0 Å². The molecule has 4 heteroatoms. The van der Waals surface area contributed by atoms with E-state index in [2.05, 4.69) is 51.3 Å². The largest absolute Gasteiger partial charge is 0.379 e. The first kappa shape index (κ1) is 15.0. The van der Waals surface area contributed by atoms with Crippen LogP contribution in [-0.2, 0) is 11.3 Å². The Morgan fingerprint density at radius 2 is 2.11 bits per heavy atom. The van der Waals surface area contributed by atoms with Crippen LogP contribution in [0.1, 0.15) is 17.5 Å². The lowest BCUT2D eigenvalue weighted by atomic mass is 10.1. The molecular formula is C15H23BrN2O. The van der Waals surface area contributed by atoms with Crippen molar-refractivity contribution in [1.82, 2.24) is 10.2 Å². The highest BCUT2D eigenvalue weighted by Gasteiger charge is 2.08. The number of ether oxygens (including phenoxy) is 1. The summed E-state index contributed by atoms with van der Waals surface area (Å²) in [5, 5.41) is 3.51. The van der Waals surface area contributed by atoms with Gasteiger partial charge in [0.25, 0.3) is 0 Å². The second-order valence-corrected chi connectivity index (χ2v) is 5.92. The van der Waals surface area contributed by atoms with Gasteiger partial charge < -0.3 is 10.1 Å². The molecule has 106 valence electrons. The van der Waals surface area contributed by atoms with E-state index in [9.17, 15) is 0 Å². The summed E-state index contributed by atoms with van der Waals surface area (Å²) in [6.45, 7) is 9.31. The zero-order valence-corrected chi connectivity index (χ0v) is 13.2. The van der Waals surface area contributed by atoms with Crippen LogP contribution < -0.4 is 5.32 Å². The predicted molar refractivity (Wildman–Crippen MR) is 82.5 cm³/mol. The van der Waals surface area contributed by atoms with Crippen LogP contribution in [0.2, 0.25) is 0 Å². The van der Waals surface area contributed by atoms with Gasteiger partial charge in [-0.15, -0.1) is 0 Å². The summed E-state index contributed by atoms with van der Waals surface area (Å²) in [5.41, 5.74) is 2.65. The Morgan fingerprint density at radius 1 is 1.32 bits per heavy atom. The topological polar surface area (TPSA) is 24.5 Å². The van der Waals surface area contributed by atoms with Gasteiger partial charge in [0.2, 0.25) is 0 Å². The van der Waals surface area contributed by atoms with Gasteiger partial charge in [-0.2, -0.15) is 0 Å². The van der Waals surface area contributed by atoms with Crippen LogP contribution >= 0.6 is 15.9 Å². The van der Waals surface area contributed by atoms with E-state index in [0.29, 0.717) is 0 Å². The van der Waals surface area contributed by atoms with Crippen molar-refractivity contribution in [1.29, 1.82) is 0 Å². The van der Waals surface area contributed by atoms with Gasteiger partial charge >= 0.3 is 0 Å². The minimum absolute atomic E-state index is 0.894. The van der Waals surface area contributed by atoms with Crippen molar-refractivity contribution in [2.24, 2.45) is 0 Å². The summed E-state index contributed by atoms with van der Waals surface area (Å²) in [5.74, 6) is 0. The third-order valence-corrected chi connectivity index (χ3v) is 4.37. The van der Waals surface area contributed by atoms with Crippen molar-refractivity contribution >= 4 is 15.9 Å². The van der Waals surface area contributed by atoms with Crippen molar-refractivity contribution in [3.8, 4) is 0 Å². The molecule has 0 saturated carbocycles. The highest BCUT2D eigenvalue weighted by atomic mass is 79.9. The smallest absolute Gasteiger partial charge is 0.0594 e. The molecule has 1 aliphatic heterocycles. The number of hydrogen-bond donors (Lipinski definition) is 1. The van der Waals surface area contributed by atoms with Gasteiger partial charge in [0, 0.05) is 24.1 Å². The van der Waals surface area contributed by atoms with Crippen molar-refractivity contribution in [2.75, 3.05) is 39.4 Å². The highest BCUT2D eigenvalue weighted by Crippen LogP contribution is 2.16. The predicted octanol–water partition coefficient (Wildman–Crippen LogP) is 2.57. The van der Waals surface area contributed by atoms with Crippen LogP contribution in [0.25, 0.3) is 0 Å². The van der Waals surface area contributed by atoms with Gasteiger partial charge in [0.1, 0.15) is 0 Å². The molecule has 1 aromatic rings. The average molecular weight is 327 g/mol. The molecule has 1 aliphatic rings. The fourth-order valence-electron chi connectivity index (χ4n) is 2.30. The molecule has 0 atom stereocenters. The molecule has 0 unspecified atom stereocenters. The number of halogens is 1. The van der Waals surface area contributed by atoms with Gasteiger partial charge in [-0.25, -0.2) is 0 Å². The molecule has 1 saturated heterocycles. The third kappa shape index (κ3) is 5.22. The van der Waals surface area contributed by atoms with Crippen LogP contribution in [-0.4, -0.2) is 44.3 Å². The highest BCUT2D eigenvalue weighted by molar-refractivity contribution is 9.10. The monoisotopic (exact) mass is 326 g/mol. The fourth-order valence-corrected chi connectivity index (χ4v) is 2.55. The molecule has 1 heterocycles. The maximum absolute atomic E-state index is 5.34. The molecule has 19 heavy (non-hydrogen) atoms. The molecule has 2 rings (SSSR count). The number of morpholine rings is 1. The lowest BCUT2D eigenvalue weighted by molar-refractivity contribution is 0.0374. The standard InChI is InChI=1S/C15H23BrN2O/c1-13-11-14(3-4-15(13)16)12-17-5-2-6-18-7-9-19-10-8-18/h3-4,11,17H,2,5-10,12H2,1H3. The zero-order valence-electron chi connectivity index (χ0n) is 11.6. The molecule has 1 N–H and O–H groups in total.